The Labute approximate surface area is 113 Å². The summed E-state index contributed by atoms with van der Waals surface area (Å²) < 4.78 is 5.57. The van der Waals surface area contributed by atoms with Gasteiger partial charge in [-0.15, -0.1) is 11.3 Å². The Hall–Kier alpha value is -0.450. The molecule has 4 heteroatoms. The first-order valence-corrected chi connectivity index (χ1v) is 7.70. The van der Waals surface area contributed by atoms with Crippen LogP contribution in [0.2, 0.25) is 0 Å². The summed E-state index contributed by atoms with van der Waals surface area (Å²) in [6, 6.07) is 0.180. The highest BCUT2D eigenvalue weighted by atomic mass is 32.1. The van der Waals surface area contributed by atoms with Gasteiger partial charge in [0.25, 0.3) is 0 Å². The van der Waals surface area contributed by atoms with Crippen LogP contribution in [0.3, 0.4) is 0 Å². The summed E-state index contributed by atoms with van der Waals surface area (Å²) in [6.07, 6.45) is 4.51. The molecule has 3 rings (SSSR count). The molecule has 1 fully saturated rings. The fraction of sp³-hybridized carbons (Fsp3) is 0.786. The van der Waals surface area contributed by atoms with Crippen molar-refractivity contribution in [2.75, 3.05) is 13.2 Å². The molecule has 0 bridgehead atoms. The Morgan fingerprint density at radius 3 is 3.00 bits per heavy atom. The summed E-state index contributed by atoms with van der Waals surface area (Å²) >= 11 is 1.83. The van der Waals surface area contributed by atoms with Gasteiger partial charge in [0.05, 0.1) is 17.3 Å². The fourth-order valence-corrected chi connectivity index (χ4v) is 4.33. The summed E-state index contributed by atoms with van der Waals surface area (Å²) in [5.74, 6) is 0.504. The number of nitrogens with zero attached hydrogens (tertiary/aromatic N) is 1. The molecule has 2 atom stereocenters. The van der Waals surface area contributed by atoms with Crippen LogP contribution in [-0.2, 0) is 11.2 Å². The van der Waals surface area contributed by atoms with Gasteiger partial charge in [0.15, 0.2) is 0 Å². The van der Waals surface area contributed by atoms with Crippen molar-refractivity contribution in [3.63, 3.8) is 0 Å². The van der Waals surface area contributed by atoms with E-state index in [9.17, 15) is 0 Å². The number of ether oxygens (including phenoxy) is 1. The molecule has 1 aliphatic heterocycles. The van der Waals surface area contributed by atoms with Gasteiger partial charge in [0.2, 0.25) is 0 Å². The predicted octanol–water partition coefficient (Wildman–Crippen LogP) is 3.01. The van der Waals surface area contributed by atoms with Crippen LogP contribution >= 0.6 is 11.3 Å². The molecule has 0 aromatic carbocycles. The first kappa shape index (κ1) is 12.6. The minimum absolute atomic E-state index is 0.180. The summed E-state index contributed by atoms with van der Waals surface area (Å²) in [5.41, 5.74) is 7.85. The molecule has 0 amide bonds. The zero-order chi connectivity index (χ0) is 12.8. The minimum Gasteiger partial charge on any atom is -0.381 e. The molecule has 2 aliphatic rings. The van der Waals surface area contributed by atoms with Crippen molar-refractivity contribution >= 4 is 11.3 Å². The van der Waals surface area contributed by atoms with Gasteiger partial charge in [-0.2, -0.15) is 0 Å². The zero-order valence-electron chi connectivity index (χ0n) is 11.2. The maximum Gasteiger partial charge on any atom is 0.0985 e. The van der Waals surface area contributed by atoms with Crippen molar-refractivity contribution in [3.8, 4) is 0 Å². The van der Waals surface area contributed by atoms with Crippen LogP contribution in [0.25, 0.3) is 0 Å². The van der Waals surface area contributed by atoms with E-state index in [4.69, 9.17) is 15.5 Å². The van der Waals surface area contributed by atoms with Gasteiger partial charge in [-0.3, -0.25) is 0 Å². The monoisotopic (exact) mass is 266 g/mol. The Balaban J connectivity index is 1.87. The van der Waals surface area contributed by atoms with E-state index in [1.807, 2.05) is 11.3 Å². The predicted molar refractivity (Wildman–Crippen MR) is 73.9 cm³/mol. The molecule has 1 aromatic rings. The van der Waals surface area contributed by atoms with E-state index in [0.29, 0.717) is 11.3 Å². The van der Waals surface area contributed by atoms with E-state index in [1.54, 1.807) is 0 Å². The van der Waals surface area contributed by atoms with E-state index in [0.717, 1.165) is 32.5 Å². The van der Waals surface area contributed by atoms with E-state index in [-0.39, 0.29) is 6.04 Å². The fourth-order valence-electron chi connectivity index (χ4n) is 3.12. The van der Waals surface area contributed by atoms with Crippen molar-refractivity contribution in [1.29, 1.82) is 0 Å². The van der Waals surface area contributed by atoms with Crippen LogP contribution in [0.5, 0.6) is 0 Å². The maximum absolute atomic E-state index is 6.30. The van der Waals surface area contributed by atoms with Gasteiger partial charge in [0.1, 0.15) is 0 Å². The lowest BCUT2D eigenvalue weighted by Crippen LogP contribution is -2.28. The molecule has 18 heavy (non-hydrogen) atoms. The van der Waals surface area contributed by atoms with Crippen LogP contribution in [0, 0.1) is 5.41 Å². The smallest absolute Gasteiger partial charge is 0.0985 e. The molecule has 1 aromatic heterocycles. The third-order valence-corrected chi connectivity index (χ3v) is 5.40. The third-order valence-electron chi connectivity index (χ3n) is 4.01. The third kappa shape index (κ3) is 2.33. The molecule has 0 radical (unpaired) electrons. The Bertz CT molecular complexity index is 435. The number of aromatic nitrogens is 1. The van der Waals surface area contributed by atoms with Crippen LogP contribution < -0.4 is 5.73 Å². The molecule has 2 N–H and O–H groups in total. The molecule has 0 spiro atoms. The van der Waals surface area contributed by atoms with Gasteiger partial charge in [-0.05, 0) is 31.1 Å². The lowest BCUT2D eigenvalue weighted by Gasteiger charge is -2.32. The van der Waals surface area contributed by atoms with E-state index >= 15 is 0 Å². The first-order valence-electron chi connectivity index (χ1n) is 6.88. The second kappa shape index (κ2) is 4.58. The van der Waals surface area contributed by atoms with Crippen molar-refractivity contribution in [3.05, 3.63) is 15.6 Å². The van der Waals surface area contributed by atoms with Gasteiger partial charge < -0.3 is 10.5 Å². The van der Waals surface area contributed by atoms with Crippen LogP contribution in [-0.4, -0.2) is 18.2 Å². The first-order chi connectivity index (χ1) is 8.55. The van der Waals surface area contributed by atoms with Crippen molar-refractivity contribution in [2.45, 2.75) is 51.5 Å². The lowest BCUT2D eigenvalue weighted by molar-refractivity contribution is 0.0803. The van der Waals surface area contributed by atoms with Crippen LogP contribution in [0.15, 0.2) is 0 Å². The minimum atomic E-state index is 0.180. The van der Waals surface area contributed by atoms with E-state index < -0.39 is 0 Å². The maximum atomic E-state index is 6.30. The number of nitrogens with two attached hydrogens (primary N) is 1. The molecule has 3 nitrogen and oxygen atoms in total. The molecule has 2 unspecified atom stereocenters. The number of hydrogen-bond acceptors (Lipinski definition) is 4. The highest BCUT2D eigenvalue weighted by molar-refractivity contribution is 7.12. The molecular formula is C14H22N2OS. The SMILES string of the molecule is CC1(C)Cc2nc(C3CCCOC3)sc2C(N)C1. The van der Waals surface area contributed by atoms with Crippen LogP contribution in [0.4, 0.5) is 0 Å². The molecule has 0 saturated carbocycles. The summed E-state index contributed by atoms with van der Waals surface area (Å²) in [5, 5.41) is 1.26. The summed E-state index contributed by atoms with van der Waals surface area (Å²) in [6.45, 7) is 6.33. The Kier molecular flexibility index (Phi) is 3.20. The molecule has 2 heterocycles. The normalized spacial score (nSPS) is 31.1. The molecular weight excluding hydrogens is 244 g/mol. The summed E-state index contributed by atoms with van der Waals surface area (Å²) in [4.78, 5) is 6.21. The lowest BCUT2D eigenvalue weighted by atomic mass is 9.77. The largest absolute Gasteiger partial charge is 0.381 e. The average molecular weight is 266 g/mol. The summed E-state index contributed by atoms with van der Waals surface area (Å²) in [7, 11) is 0. The van der Waals surface area contributed by atoms with Gasteiger partial charge in [-0.1, -0.05) is 13.8 Å². The van der Waals surface area contributed by atoms with Gasteiger partial charge in [-0.25, -0.2) is 4.98 Å². The van der Waals surface area contributed by atoms with Gasteiger partial charge >= 0.3 is 0 Å². The quantitative estimate of drug-likeness (QED) is 0.850. The highest BCUT2D eigenvalue weighted by Gasteiger charge is 2.34. The topological polar surface area (TPSA) is 48.1 Å². The number of hydrogen-bond donors (Lipinski definition) is 1. The van der Waals surface area contributed by atoms with Crippen molar-refractivity contribution in [2.24, 2.45) is 11.1 Å². The highest BCUT2D eigenvalue weighted by Crippen LogP contribution is 2.43. The van der Waals surface area contributed by atoms with Gasteiger partial charge in [0, 0.05) is 23.4 Å². The van der Waals surface area contributed by atoms with Crippen LogP contribution in [0.1, 0.15) is 60.6 Å². The second-order valence-corrected chi connectivity index (χ2v) is 7.49. The number of rotatable bonds is 1. The Morgan fingerprint density at radius 1 is 1.44 bits per heavy atom. The average Bonchev–Trinajstić information content (AvgIpc) is 2.72. The second-order valence-electron chi connectivity index (χ2n) is 6.43. The van der Waals surface area contributed by atoms with Crippen molar-refractivity contribution < 1.29 is 4.74 Å². The Morgan fingerprint density at radius 2 is 2.28 bits per heavy atom. The molecule has 100 valence electrons. The van der Waals surface area contributed by atoms with E-state index in [2.05, 4.69) is 13.8 Å². The number of thiazole rings is 1. The molecule has 1 aliphatic carbocycles. The zero-order valence-corrected chi connectivity index (χ0v) is 12.1. The van der Waals surface area contributed by atoms with E-state index in [1.165, 1.54) is 22.0 Å². The standard InChI is InChI=1S/C14H22N2OS/c1-14(2)6-10(15)12-11(7-14)16-13(18-12)9-4-3-5-17-8-9/h9-10H,3-8,15H2,1-2H3. The molecule has 1 saturated heterocycles. The number of fused-ring (bicyclic) bond motifs is 1. The van der Waals surface area contributed by atoms with Crippen molar-refractivity contribution in [1.82, 2.24) is 4.98 Å².